The molecule has 0 aliphatic rings. The first-order chi connectivity index (χ1) is 13.4. The second-order valence-corrected chi connectivity index (χ2v) is 7.86. The fourth-order valence-corrected chi connectivity index (χ4v) is 3.93. The molecule has 1 N–H and O–H groups in total. The minimum atomic E-state index is -3.73. The van der Waals surface area contributed by atoms with Crippen molar-refractivity contribution >= 4 is 16.0 Å². The summed E-state index contributed by atoms with van der Waals surface area (Å²) < 4.78 is 34.7. The summed E-state index contributed by atoms with van der Waals surface area (Å²) in [6.45, 7) is 3.75. The number of imidazole rings is 1. The van der Waals surface area contributed by atoms with Crippen LogP contribution in [0.4, 0.5) is 0 Å². The van der Waals surface area contributed by atoms with Crippen LogP contribution < -0.4 is 4.72 Å². The second-order valence-electron chi connectivity index (χ2n) is 6.15. The highest BCUT2D eigenvalue weighted by molar-refractivity contribution is 7.89. The summed E-state index contributed by atoms with van der Waals surface area (Å²) in [5, 5.41) is 0. The molecule has 0 aliphatic heterocycles. The van der Waals surface area contributed by atoms with Gasteiger partial charge < -0.3 is 9.30 Å². The Labute approximate surface area is 164 Å². The molecule has 0 saturated heterocycles. The molecular weight excluding hydrogens is 378 g/mol. The highest BCUT2D eigenvalue weighted by atomic mass is 32.2. The molecule has 0 amide bonds. The SMILES string of the molecule is CCOC(=O)c1ccc(S(=O)(=O)NC(C)c2ccc(-n3ccnc3)cc2)cc1. The zero-order chi connectivity index (χ0) is 20.1. The van der Waals surface area contributed by atoms with E-state index in [-0.39, 0.29) is 11.5 Å². The van der Waals surface area contributed by atoms with E-state index in [9.17, 15) is 13.2 Å². The summed E-state index contributed by atoms with van der Waals surface area (Å²) >= 11 is 0. The van der Waals surface area contributed by atoms with Gasteiger partial charge in [-0.2, -0.15) is 0 Å². The lowest BCUT2D eigenvalue weighted by Gasteiger charge is -2.15. The van der Waals surface area contributed by atoms with Crippen molar-refractivity contribution in [2.75, 3.05) is 6.61 Å². The van der Waals surface area contributed by atoms with E-state index in [0.717, 1.165) is 11.3 Å². The topological polar surface area (TPSA) is 90.3 Å². The van der Waals surface area contributed by atoms with E-state index in [2.05, 4.69) is 9.71 Å². The molecule has 1 heterocycles. The van der Waals surface area contributed by atoms with E-state index in [1.54, 1.807) is 26.4 Å². The lowest BCUT2D eigenvalue weighted by Crippen LogP contribution is -2.27. The monoisotopic (exact) mass is 399 g/mol. The number of esters is 1. The fraction of sp³-hybridized carbons (Fsp3) is 0.200. The quantitative estimate of drug-likeness (QED) is 0.617. The molecule has 146 valence electrons. The average Bonchev–Trinajstić information content (AvgIpc) is 3.23. The molecule has 0 spiro atoms. The molecule has 2 aromatic carbocycles. The molecule has 0 fully saturated rings. The molecule has 8 heteroatoms. The Bertz CT molecular complexity index is 1030. The number of nitrogens with one attached hydrogen (secondary N) is 1. The van der Waals surface area contributed by atoms with Gasteiger partial charge in [0.2, 0.25) is 10.0 Å². The summed E-state index contributed by atoms with van der Waals surface area (Å²) in [5.41, 5.74) is 2.07. The zero-order valence-corrected chi connectivity index (χ0v) is 16.4. The van der Waals surface area contributed by atoms with Gasteiger partial charge in [-0.15, -0.1) is 0 Å². The third-order valence-electron chi connectivity index (χ3n) is 4.20. The van der Waals surface area contributed by atoms with Gasteiger partial charge in [-0.1, -0.05) is 12.1 Å². The average molecular weight is 399 g/mol. The van der Waals surface area contributed by atoms with Crippen molar-refractivity contribution in [1.29, 1.82) is 0 Å². The normalized spacial score (nSPS) is 12.5. The summed E-state index contributed by atoms with van der Waals surface area (Å²) in [6, 6.07) is 12.8. The predicted molar refractivity (Wildman–Crippen MR) is 105 cm³/mol. The predicted octanol–water partition coefficient (Wildman–Crippen LogP) is 3.09. The zero-order valence-electron chi connectivity index (χ0n) is 15.6. The van der Waals surface area contributed by atoms with Crippen LogP contribution >= 0.6 is 0 Å². The first-order valence-electron chi connectivity index (χ1n) is 8.78. The molecule has 3 aromatic rings. The van der Waals surface area contributed by atoms with E-state index in [0.29, 0.717) is 5.56 Å². The Balaban J connectivity index is 1.72. The van der Waals surface area contributed by atoms with Crippen molar-refractivity contribution in [3.05, 3.63) is 78.4 Å². The minimum Gasteiger partial charge on any atom is -0.462 e. The van der Waals surface area contributed by atoms with Crippen molar-refractivity contribution in [3.63, 3.8) is 0 Å². The van der Waals surface area contributed by atoms with Crippen LogP contribution in [0.25, 0.3) is 5.69 Å². The highest BCUT2D eigenvalue weighted by Gasteiger charge is 2.19. The Morgan fingerprint density at radius 1 is 1.14 bits per heavy atom. The van der Waals surface area contributed by atoms with Crippen molar-refractivity contribution in [1.82, 2.24) is 14.3 Å². The van der Waals surface area contributed by atoms with Crippen LogP contribution in [0.5, 0.6) is 0 Å². The van der Waals surface area contributed by atoms with Crippen molar-refractivity contribution in [2.45, 2.75) is 24.8 Å². The number of carbonyl (C=O) groups is 1. The van der Waals surface area contributed by atoms with Crippen molar-refractivity contribution in [3.8, 4) is 5.69 Å². The lowest BCUT2D eigenvalue weighted by atomic mass is 10.1. The van der Waals surface area contributed by atoms with Gasteiger partial charge >= 0.3 is 5.97 Å². The summed E-state index contributed by atoms with van der Waals surface area (Å²) in [4.78, 5) is 15.8. The summed E-state index contributed by atoms with van der Waals surface area (Å²) in [6.07, 6.45) is 5.22. The molecule has 1 unspecified atom stereocenters. The van der Waals surface area contributed by atoms with E-state index >= 15 is 0 Å². The lowest BCUT2D eigenvalue weighted by molar-refractivity contribution is 0.0526. The maximum atomic E-state index is 12.6. The maximum Gasteiger partial charge on any atom is 0.338 e. The summed E-state index contributed by atoms with van der Waals surface area (Å²) in [5.74, 6) is -0.481. The third kappa shape index (κ3) is 4.47. The van der Waals surface area contributed by atoms with Crippen LogP contribution in [-0.4, -0.2) is 30.5 Å². The standard InChI is InChI=1S/C20H21N3O4S/c1-3-27-20(24)17-6-10-19(11-7-17)28(25,26)22-15(2)16-4-8-18(9-5-16)23-13-12-21-14-23/h4-15,22H,3H2,1-2H3. The van der Waals surface area contributed by atoms with Crippen LogP contribution in [-0.2, 0) is 14.8 Å². The van der Waals surface area contributed by atoms with Gasteiger partial charge in [0.25, 0.3) is 0 Å². The van der Waals surface area contributed by atoms with Gasteiger partial charge in [0.05, 0.1) is 23.4 Å². The number of benzene rings is 2. The van der Waals surface area contributed by atoms with Crippen LogP contribution in [0.3, 0.4) is 0 Å². The molecule has 1 aromatic heterocycles. The molecular formula is C20H21N3O4S. The molecule has 3 rings (SSSR count). The number of sulfonamides is 1. The largest absolute Gasteiger partial charge is 0.462 e. The minimum absolute atomic E-state index is 0.0856. The van der Waals surface area contributed by atoms with Gasteiger partial charge in [0, 0.05) is 24.1 Å². The van der Waals surface area contributed by atoms with E-state index in [4.69, 9.17) is 4.74 Å². The van der Waals surface area contributed by atoms with Crippen LogP contribution in [0.2, 0.25) is 0 Å². The van der Waals surface area contributed by atoms with Gasteiger partial charge in [0.1, 0.15) is 0 Å². The number of rotatable bonds is 7. The maximum absolute atomic E-state index is 12.6. The van der Waals surface area contributed by atoms with Crippen LogP contribution in [0.15, 0.2) is 72.1 Å². The van der Waals surface area contributed by atoms with Gasteiger partial charge in [-0.3, -0.25) is 0 Å². The second kappa shape index (κ2) is 8.37. The third-order valence-corrected chi connectivity index (χ3v) is 5.76. The Hall–Kier alpha value is -2.97. The Kier molecular flexibility index (Phi) is 5.91. The molecule has 0 bridgehead atoms. The molecule has 28 heavy (non-hydrogen) atoms. The van der Waals surface area contributed by atoms with E-state index < -0.39 is 22.0 Å². The highest BCUT2D eigenvalue weighted by Crippen LogP contribution is 2.19. The van der Waals surface area contributed by atoms with Crippen molar-refractivity contribution < 1.29 is 17.9 Å². The van der Waals surface area contributed by atoms with Gasteiger partial charge in [0.15, 0.2) is 0 Å². The molecule has 1 atom stereocenters. The van der Waals surface area contributed by atoms with E-state index in [1.165, 1.54) is 24.3 Å². The first kappa shape index (κ1) is 19.8. The van der Waals surface area contributed by atoms with Gasteiger partial charge in [-0.05, 0) is 55.8 Å². The van der Waals surface area contributed by atoms with E-state index in [1.807, 2.05) is 35.0 Å². The number of nitrogens with zero attached hydrogens (tertiary/aromatic N) is 2. The van der Waals surface area contributed by atoms with Crippen LogP contribution in [0, 0.1) is 0 Å². The first-order valence-corrected chi connectivity index (χ1v) is 10.3. The Morgan fingerprint density at radius 2 is 1.82 bits per heavy atom. The van der Waals surface area contributed by atoms with Crippen molar-refractivity contribution in [2.24, 2.45) is 0 Å². The number of hydrogen-bond acceptors (Lipinski definition) is 5. The van der Waals surface area contributed by atoms with Crippen LogP contribution in [0.1, 0.15) is 35.8 Å². The molecule has 7 nitrogen and oxygen atoms in total. The Morgan fingerprint density at radius 3 is 2.39 bits per heavy atom. The molecule has 0 radical (unpaired) electrons. The molecule has 0 saturated carbocycles. The number of carbonyl (C=O) groups excluding carboxylic acids is 1. The smallest absolute Gasteiger partial charge is 0.338 e. The summed E-state index contributed by atoms with van der Waals surface area (Å²) in [7, 11) is -3.73. The molecule has 0 aliphatic carbocycles. The number of hydrogen-bond donors (Lipinski definition) is 1. The number of aromatic nitrogens is 2. The fourth-order valence-electron chi connectivity index (χ4n) is 2.70. The number of ether oxygens (including phenoxy) is 1. The van der Waals surface area contributed by atoms with Gasteiger partial charge in [-0.25, -0.2) is 22.9 Å².